The van der Waals surface area contributed by atoms with Gasteiger partial charge >= 0.3 is 0 Å². The van der Waals surface area contributed by atoms with Crippen LogP contribution in [0.15, 0.2) is 40.8 Å². The van der Waals surface area contributed by atoms with E-state index >= 15 is 0 Å². The molecule has 1 aliphatic rings. The van der Waals surface area contributed by atoms with Crippen molar-refractivity contribution >= 4 is 15.7 Å². The predicted octanol–water partition coefficient (Wildman–Crippen LogP) is 2.05. The van der Waals surface area contributed by atoms with Crippen molar-refractivity contribution < 1.29 is 8.42 Å². The molecule has 0 aromatic heterocycles. The summed E-state index contributed by atoms with van der Waals surface area (Å²) >= 11 is 0. The molecule has 0 saturated carbocycles. The number of hydrogen-bond acceptors (Lipinski definition) is 3. The minimum atomic E-state index is -3.43. The van der Waals surface area contributed by atoms with Crippen molar-refractivity contribution in [3.8, 4) is 0 Å². The second-order valence-electron chi connectivity index (χ2n) is 4.47. The maximum Gasteiger partial charge on any atom is 0.240 e. The summed E-state index contributed by atoms with van der Waals surface area (Å²) in [6, 6.07) is 6.33. The van der Waals surface area contributed by atoms with Crippen LogP contribution in [0, 0.1) is 0 Å². The van der Waals surface area contributed by atoms with Gasteiger partial charge in [-0.2, -0.15) is 0 Å². The zero-order valence-corrected chi connectivity index (χ0v) is 11.0. The number of rotatable bonds is 5. The monoisotopic (exact) mass is 266 g/mol. The van der Waals surface area contributed by atoms with Crippen molar-refractivity contribution in [1.82, 2.24) is 4.72 Å². The van der Waals surface area contributed by atoms with Crippen LogP contribution < -0.4 is 10.5 Å². The molecule has 0 heterocycles. The van der Waals surface area contributed by atoms with Crippen LogP contribution >= 0.6 is 0 Å². The lowest BCUT2D eigenvalue weighted by molar-refractivity contribution is 0.581. The van der Waals surface area contributed by atoms with E-state index in [1.54, 1.807) is 18.2 Å². The normalized spacial score (nSPS) is 15.7. The first-order valence-corrected chi connectivity index (χ1v) is 7.59. The molecule has 0 aliphatic heterocycles. The summed E-state index contributed by atoms with van der Waals surface area (Å²) in [5.74, 6) is 0. The van der Waals surface area contributed by atoms with Gasteiger partial charge in [0.25, 0.3) is 0 Å². The van der Waals surface area contributed by atoms with Gasteiger partial charge in [0, 0.05) is 12.2 Å². The van der Waals surface area contributed by atoms with E-state index in [2.05, 4.69) is 10.8 Å². The summed E-state index contributed by atoms with van der Waals surface area (Å²) in [4.78, 5) is 0.225. The van der Waals surface area contributed by atoms with E-state index < -0.39 is 10.0 Å². The molecule has 1 aromatic carbocycles. The number of hydrogen-bond donors (Lipinski definition) is 2. The highest BCUT2D eigenvalue weighted by Crippen LogP contribution is 2.20. The Kier molecular flexibility index (Phi) is 4.04. The Balaban J connectivity index is 1.95. The molecule has 1 aliphatic carbocycles. The Hall–Kier alpha value is -1.33. The lowest BCUT2D eigenvalue weighted by Crippen LogP contribution is -2.25. The van der Waals surface area contributed by atoms with Crippen molar-refractivity contribution in [2.75, 3.05) is 12.3 Å². The molecule has 0 radical (unpaired) electrons. The minimum Gasteiger partial charge on any atom is -0.399 e. The van der Waals surface area contributed by atoms with E-state index in [0.717, 1.165) is 19.3 Å². The fourth-order valence-corrected chi connectivity index (χ4v) is 3.16. The summed E-state index contributed by atoms with van der Waals surface area (Å²) in [7, 11) is -3.43. The van der Waals surface area contributed by atoms with E-state index in [-0.39, 0.29) is 4.90 Å². The van der Waals surface area contributed by atoms with Crippen molar-refractivity contribution in [1.29, 1.82) is 0 Å². The average Bonchev–Trinajstić information content (AvgIpc) is 2.82. The van der Waals surface area contributed by atoms with E-state index in [1.165, 1.54) is 18.1 Å². The maximum atomic E-state index is 12.0. The van der Waals surface area contributed by atoms with Gasteiger partial charge in [0.15, 0.2) is 0 Å². The molecule has 0 unspecified atom stereocenters. The Morgan fingerprint density at radius 2 is 2.17 bits per heavy atom. The Labute approximate surface area is 108 Å². The molecule has 5 heteroatoms. The highest BCUT2D eigenvalue weighted by Gasteiger charge is 2.14. The summed E-state index contributed by atoms with van der Waals surface area (Å²) < 4.78 is 26.5. The molecule has 18 heavy (non-hydrogen) atoms. The Morgan fingerprint density at radius 1 is 1.33 bits per heavy atom. The Bertz CT molecular complexity index is 550. The van der Waals surface area contributed by atoms with Crippen LogP contribution in [-0.2, 0) is 10.0 Å². The first-order chi connectivity index (χ1) is 8.58. The first kappa shape index (κ1) is 13.1. The number of anilines is 1. The molecule has 1 aromatic rings. The molecule has 98 valence electrons. The van der Waals surface area contributed by atoms with Gasteiger partial charge in [-0.15, -0.1) is 0 Å². The molecular formula is C13H18N2O2S. The number of allylic oxidation sites excluding steroid dienone is 1. The highest BCUT2D eigenvalue weighted by molar-refractivity contribution is 7.89. The number of nitrogen functional groups attached to an aromatic ring is 1. The van der Waals surface area contributed by atoms with E-state index in [9.17, 15) is 8.42 Å². The number of nitrogens with two attached hydrogens (primary N) is 1. The second kappa shape index (κ2) is 5.54. The molecule has 0 saturated heterocycles. The minimum absolute atomic E-state index is 0.225. The van der Waals surface area contributed by atoms with E-state index in [0.29, 0.717) is 12.2 Å². The van der Waals surface area contributed by atoms with Crippen molar-refractivity contribution in [2.45, 2.75) is 30.6 Å². The molecule has 0 amide bonds. The molecule has 0 fully saturated rings. The first-order valence-electron chi connectivity index (χ1n) is 6.11. The standard InChI is InChI=1S/C13H18N2O2S/c14-12-6-3-7-13(10-12)18(16,17)15-9-8-11-4-1-2-5-11/h3-4,6-7,10,15H,1-2,5,8-9,14H2. The molecule has 2 rings (SSSR count). The fourth-order valence-electron chi connectivity index (χ4n) is 2.08. The second-order valence-corrected chi connectivity index (χ2v) is 6.24. The maximum absolute atomic E-state index is 12.0. The number of benzene rings is 1. The van der Waals surface area contributed by atoms with Gasteiger partial charge in [0.2, 0.25) is 10.0 Å². The molecule has 0 spiro atoms. The largest absolute Gasteiger partial charge is 0.399 e. The van der Waals surface area contributed by atoms with Crippen molar-refractivity contribution in [3.63, 3.8) is 0 Å². The van der Waals surface area contributed by atoms with Gasteiger partial charge in [-0.05, 0) is 43.9 Å². The third kappa shape index (κ3) is 3.34. The van der Waals surface area contributed by atoms with E-state index in [1.807, 2.05) is 0 Å². The van der Waals surface area contributed by atoms with Gasteiger partial charge in [-0.3, -0.25) is 0 Å². The van der Waals surface area contributed by atoms with Crippen molar-refractivity contribution in [3.05, 3.63) is 35.9 Å². The summed E-state index contributed by atoms with van der Waals surface area (Å²) in [6.45, 7) is 0.447. The lowest BCUT2D eigenvalue weighted by atomic mass is 10.2. The summed E-state index contributed by atoms with van der Waals surface area (Å²) in [5, 5.41) is 0. The number of nitrogens with one attached hydrogen (secondary N) is 1. The van der Waals surface area contributed by atoms with Gasteiger partial charge in [0.1, 0.15) is 0 Å². The third-order valence-electron chi connectivity index (χ3n) is 3.04. The van der Waals surface area contributed by atoms with Crippen LogP contribution in [0.5, 0.6) is 0 Å². The highest BCUT2D eigenvalue weighted by atomic mass is 32.2. The summed E-state index contributed by atoms with van der Waals surface area (Å²) in [5.41, 5.74) is 7.39. The van der Waals surface area contributed by atoms with Crippen molar-refractivity contribution in [2.24, 2.45) is 0 Å². The molecule has 0 atom stereocenters. The zero-order valence-electron chi connectivity index (χ0n) is 10.2. The van der Waals surface area contributed by atoms with Crippen LogP contribution in [0.3, 0.4) is 0 Å². The average molecular weight is 266 g/mol. The molecular weight excluding hydrogens is 248 g/mol. The van der Waals surface area contributed by atoms with Crippen LogP contribution in [-0.4, -0.2) is 15.0 Å². The zero-order chi connectivity index (χ0) is 13.0. The van der Waals surface area contributed by atoms with Crippen LogP contribution in [0.1, 0.15) is 25.7 Å². The van der Waals surface area contributed by atoms with E-state index in [4.69, 9.17) is 5.73 Å². The fraction of sp³-hybridized carbons (Fsp3) is 0.385. The quantitative estimate of drug-likeness (QED) is 0.633. The smallest absolute Gasteiger partial charge is 0.240 e. The third-order valence-corrected chi connectivity index (χ3v) is 4.50. The SMILES string of the molecule is Nc1cccc(S(=O)(=O)NCCC2=CCCC2)c1. The van der Waals surface area contributed by atoms with Gasteiger partial charge < -0.3 is 5.73 Å². The van der Waals surface area contributed by atoms with Crippen LogP contribution in [0.4, 0.5) is 5.69 Å². The van der Waals surface area contributed by atoms with Gasteiger partial charge in [-0.1, -0.05) is 17.7 Å². The van der Waals surface area contributed by atoms with Crippen LogP contribution in [0.2, 0.25) is 0 Å². The Morgan fingerprint density at radius 3 is 2.83 bits per heavy atom. The van der Waals surface area contributed by atoms with Crippen LogP contribution in [0.25, 0.3) is 0 Å². The molecule has 3 N–H and O–H groups in total. The van der Waals surface area contributed by atoms with Gasteiger partial charge in [-0.25, -0.2) is 13.1 Å². The molecule has 0 bridgehead atoms. The molecule has 4 nitrogen and oxygen atoms in total. The summed E-state index contributed by atoms with van der Waals surface area (Å²) in [6.07, 6.45) is 6.41. The van der Waals surface area contributed by atoms with Gasteiger partial charge in [0.05, 0.1) is 4.90 Å². The number of sulfonamides is 1. The predicted molar refractivity (Wildman–Crippen MR) is 72.6 cm³/mol. The topological polar surface area (TPSA) is 72.2 Å². The lowest BCUT2D eigenvalue weighted by Gasteiger charge is -2.07.